The molecular formula is C21H26N2O4S. The Kier molecular flexibility index (Phi) is 7.37. The number of amides is 1. The highest BCUT2D eigenvalue weighted by Gasteiger charge is 2.18. The largest absolute Gasteiger partial charge is 0.496 e. The molecular weight excluding hydrogens is 376 g/mol. The van der Waals surface area contributed by atoms with Crippen LogP contribution >= 0.6 is 0 Å². The number of carbonyl (C=O) groups excluding carboxylic acids is 1. The van der Waals surface area contributed by atoms with Crippen LogP contribution in [0.15, 0.2) is 59.5 Å². The van der Waals surface area contributed by atoms with Crippen LogP contribution in [0.2, 0.25) is 0 Å². The first kappa shape index (κ1) is 21.7. The van der Waals surface area contributed by atoms with Gasteiger partial charge >= 0.3 is 0 Å². The molecule has 0 aliphatic carbocycles. The lowest BCUT2D eigenvalue weighted by Crippen LogP contribution is -2.28. The lowest BCUT2D eigenvalue weighted by molar-refractivity contribution is -0.126. The molecule has 150 valence electrons. The predicted octanol–water partition coefficient (Wildman–Crippen LogP) is 3.23. The Labute approximate surface area is 166 Å². The number of rotatable bonds is 8. The molecule has 28 heavy (non-hydrogen) atoms. The Balaban J connectivity index is 2.10. The molecule has 0 fully saturated rings. The Bertz CT molecular complexity index is 937. The van der Waals surface area contributed by atoms with E-state index in [0.29, 0.717) is 6.54 Å². The van der Waals surface area contributed by atoms with Crippen molar-refractivity contribution in [1.82, 2.24) is 9.62 Å². The predicted molar refractivity (Wildman–Crippen MR) is 111 cm³/mol. The van der Waals surface area contributed by atoms with Crippen molar-refractivity contribution in [2.24, 2.45) is 0 Å². The van der Waals surface area contributed by atoms with Crippen LogP contribution in [0.5, 0.6) is 5.75 Å². The van der Waals surface area contributed by atoms with Crippen molar-refractivity contribution in [2.45, 2.75) is 24.8 Å². The molecule has 0 heterocycles. The number of likely N-dealkylation sites (N-methyl/N-ethyl adjacent to an activating group) is 1. The topological polar surface area (TPSA) is 75.7 Å². The standard InChI is InChI=1S/C21H26N2O4S/c1-5-22-28(25,26)18-13-10-17(11-14-18)12-15-21(24)23(3)16(2)19-8-6-7-9-20(19)27-4/h6-16,22H,5H2,1-4H3/b15-12+. The second-order valence-corrected chi connectivity index (χ2v) is 8.04. The van der Waals surface area contributed by atoms with E-state index >= 15 is 0 Å². The molecule has 2 rings (SSSR count). The summed E-state index contributed by atoms with van der Waals surface area (Å²) in [6.07, 6.45) is 3.14. The number of nitrogens with zero attached hydrogens (tertiary/aromatic N) is 1. The van der Waals surface area contributed by atoms with E-state index < -0.39 is 10.0 Å². The van der Waals surface area contributed by atoms with E-state index in [-0.39, 0.29) is 16.8 Å². The molecule has 1 N–H and O–H groups in total. The van der Waals surface area contributed by atoms with Crippen molar-refractivity contribution in [3.63, 3.8) is 0 Å². The molecule has 1 unspecified atom stereocenters. The van der Waals surface area contributed by atoms with Gasteiger partial charge in [0.25, 0.3) is 0 Å². The third kappa shape index (κ3) is 5.21. The van der Waals surface area contributed by atoms with Crippen molar-refractivity contribution in [2.75, 3.05) is 20.7 Å². The van der Waals surface area contributed by atoms with E-state index in [4.69, 9.17) is 4.74 Å². The Hall–Kier alpha value is -2.64. The summed E-state index contributed by atoms with van der Waals surface area (Å²) in [7, 11) is -0.145. The second kappa shape index (κ2) is 9.52. The van der Waals surface area contributed by atoms with Gasteiger partial charge in [0.05, 0.1) is 18.0 Å². The van der Waals surface area contributed by atoms with Crippen LogP contribution in [0.3, 0.4) is 0 Å². The molecule has 0 radical (unpaired) electrons. The summed E-state index contributed by atoms with van der Waals surface area (Å²) < 4.78 is 31.7. The molecule has 7 heteroatoms. The van der Waals surface area contributed by atoms with Gasteiger partial charge in [-0.25, -0.2) is 13.1 Å². The van der Waals surface area contributed by atoms with Gasteiger partial charge in [-0.15, -0.1) is 0 Å². The molecule has 1 atom stereocenters. The fourth-order valence-electron chi connectivity index (χ4n) is 2.73. The van der Waals surface area contributed by atoms with Gasteiger partial charge in [-0.2, -0.15) is 0 Å². The van der Waals surface area contributed by atoms with E-state index in [1.54, 1.807) is 44.2 Å². The molecule has 0 aliphatic heterocycles. The summed E-state index contributed by atoms with van der Waals surface area (Å²) in [4.78, 5) is 14.4. The minimum absolute atomic E-state index is 0.164. The molecule has 2 aromatic rings. The smallest absolute Gasteiger partial charge is 0.246 e. The molecule has 0 saturated carbocycles. The maximum atomic E-state index is 12.5. The first-order chi connectivity index (χ1) is 13.3. The normalized spacial score (nSPS) is 12.7. The molecule has 0 saturated heterocycles. The number of methoxy groups -OCH3 is 1. The fourth-order valence-corrected chi connectivity index (χ4v) is 3.77. The van der Waals surface area contributed by atoms with E-state index in [0.717, 1.165) is 16.9 Å². The number of hydrogen-bond acceptors (Lipinski definition) is 4. The van der Waals surface area contributed by atoms with E-state index in [1.807, 2.05) is 31.2 Å². The van der Waals surface area contributed by atoms with Gasteiger partial charge in [-0.1, -0.05) is 37.3 Å². The highest BCUT2D eigenvalue weighted by atomic mass is 32.2. The number of benzene rings is 2. The van der Waals surface area contributed by atoms with E-state index in [9.17, 15) is 13.2 Å². The van der Waals surface area contributed by atoms with Gasteiger partial charge in [0.15, 0.2) is 0 Å². The summed E-state index contributed by atoms with van der Waals surface area (Å²) in [5, 5.41) is 0. The number of ether oxygens (including phenoxy) is 1. The SMILES string of the molecule is CCNS(=O)(=O)c1ccc(/C=C/C(=O)N(C)C(C)c2ccccc2OC)cc1. The zero-order valence-corrected chi connectivity index (χ0v) is 17.4. The zero-order chi connectivity index (χ0) is 20.7. The molecule has 6 nitrogen and oxygen atoms in total. The van der Waals surface area contributed by atoms with Crippen molar-refractivity contribution in [3.05, 3.63) is 65.7 Å². The number of sulfonamides is 1. The minimum atomic E-state index is -3.48. The Morgan fingerprint density at radius 1 is 1.18 bits per heavy atom. The molecule has 0 bridgehead atoms. The Morgan fingerprint density at radius 2 is 1.82 bits per heavy atom. The summed E-state index contributed by atoms with van der Waals surface area (Å²) in [6.45, 7) is 3.99. The summed E-state index contributed by atoms with van der Waals surface area (Å²) in [5.41, 5.74) is 1.66. The molecule has 1 amide bonds. The second-order valence-electron chi connectivity index (χ2n) is 6.27. The van der Waals surface area contributed by atoms with Crippen LogP contribution in [0.25, 0.3) is 6.08 Å². The lowest BCUT2D eigenvalue weighted by Gasteiger charge is -2.25. The summed E-state index contributed by atoms with van der Waals surface area (Å²) >= 11 is 0. The van der Waals surface area contributed by atoms with Crippen molar-refractivity contribution < 1.29 is 17.9 Å². The van der Waals surface area contributed by atoms with Crippen LogP contribution in [0, 0.1) is 0 Å². The summed E-state index contributed by atoms with van der Waals surface area (Å²) in [6, 6.07) is 13.8. The van der Waals surface area contributed by atoms with Crippen molar-refractivity contribution in [1.29, 1.82) is 0 Å². The molecule has 2 aromatic carbocycles. The fraction of sp³-hybridized carbons (Fsp3) is 0.286. The van der Waals surface area contributed by atoms with Gasteiger partial charge in [0.2, 0.25) is 15.9 Å². The highest BCUT2D eigenvalue weighted by Crippen LogP contribution is 2.28. The van der Waals surface area contributed by atoms with Crippen LogP contribution in [-0.4, -0.2) is 39.9 Å². The van der Waals surface area contributed by atoms with Crippen LogP contribution in [0.4, 0.5) is 0 Å². The van der Waals surface area contributed by atoms with Crippen LogP contribution in [-0.2, 0) is 14.8 Å². The minimum Gasteiger partial charge on any atom is -0.496 e. The maximum absolute atomic E-state index is 12.5. The molecule has 0 aromatic heterocycles. The maximum Gasteiger partial charge on any atom is 0.246 e. The number of hydrogen-bond donors (Lipinski definition) is 1. The number of carbonyl (C=O) groups is 1. The van der Waals surface area contributed by atoms with Gasteiger partial charge in [0, 0.05) is 25.2 Å². The third-order valence-corrected chi connectivity index (χ3v) is 6.02. The Morgan fingerprint density at radius 3 is 2.43 bits per heavy atom. The average Bonchev–Trinajstić information content (AvgIpc) is 2.71. The van der Waals surface area contributed by atoms with E-state index in [2.05, 4.69) is 4.72 Å². The van der Waals surface area contributed by atoms with Crippen molar-refractivity contribution >= 4 is 22.0 Å². The molecule has 0 spiro atoms. The monoisotopic (exact) mass is 402 g/mol. The van der Waals surface area contributed by atoms with E-state index in [1.165, 1.54) is 18.2 Å². The van der Waals surface area contributed by atoms with Crippen LogP contribution < -0.4 is 9.46 Å². The highest BCUT2D eigenvalue weighted by molar-refractivity contribution is 7.89. The van der Waals surface area contributed by atoms with Crippen molar-refractivity contribution in [3.8, 4) is 5.75 Å². The van der Waals surface area contributed by atoms with Gasteiger partial charge in [-0.05, 0) is 36.8 Å². The number of para-hydroxylation sites is 1. The quantitative estimate of drug-likeness (QED) is 0.688. The number of nitrogens with one attached hydrogen (secondary N) is 1. The average molecular weight is 403 g/mol. The third-order valence-electron chi connectivity index (χ3n) is 4.46. The van der Waals surface area contributed by atoms with Gasteiger partial charge < -0.3 is 9.64 Å². The first-order valence-corrected chi connectivity index (χ1v) is 10.5. The molecule has 0 aliphatic rings. The van der Waals surface area contributed by atoms with Gasteiger partial charge in [0.1, 0.15) is 5.75 Å². The van der Waals surface area contributed by atoms with Crippen LogP contribution in [0.1, 0.15) is 31.0 Å². The summed E-state index contributed by atoms with van der Waals surface area (Å²) in [5.74, 6) is 0.568. The van der Waals surface area contributed by atoms with Gasteiger partial charge in [-0.3, -0.25) is 4.79 Å². The first-order valence-electron chi connectivity index (χ1n) is 8.97. The zero-order valence-electron chi connectivity index (χ0n) is 16.5. The lowest BCUT2D eigenvalue weighted by atomic mass is 10.1.